The molecular formula is C42H33F3N4O3S2. The van der Waals surface area contributed by atoms with Gasteiger partial charge in [0.1, 0.15) is 17.2 Å². The Balaban J connectivity index is 1.13. The summed E-state index contributed by atoms with van der Waals surface area (Å²) in [6.45, 7) is 7.45. The van der Waals surface area contributed by atoms with E-state index in [1.807, 2.05) is 93.6 Å². The van der Waals surface area contributed by atoms with Gasteiger partial charge in [-0.3, -0.25) is 14.9 Å². The van der Waals surface area contributed by atoms with E-state index in [9.17, 15) is 22.8 Å². The summed E-state index contributed by atoms with van der Waals surface area (Å²) >= 11 is 5.41. The van der Waals surface area contributed by atoms with Crippen molar-refractivity contribution in [2.45, 2.75) is 44.4 Å². The highest BCUT2D eigenvalue weighted by Crippen LogP contribution is 2.38. The Bertz CT molecular complexity index is 2650. The third-order valence-corrected chi connectivity index (χ3v) is 9.87. The van der Waals surface area contributed by atoms with Crippen molar-refractivity contribution < 1.29 is 27.5 Å². The van der Waals surface area contributed by atoms with Crippen LogP contribution in [0.4, 0.5) is 24.0 Å². The molecule has 0 spiro atoms. The van der Waals surface area contributed by atoms with Crippen molar-refractivity contribution in [3.63, 3.8) is 0 Å². The van der Waals surface area contributed by atoms with E-state index in [0.717, 1.165) is 54.7 Å². The lowest BCUT2D eigenvalue weighted by molar-refractivity contribution is -0.139. The molecule has 12 heteroatoms. The maximum Gasteiger partial charge on any atom is 0.417 e. The SMILES string of the molecule is CC(=Nc1cccc(C(F)(F)F)c1S)NC(=O)c1ccc2ccc(-c3cccc4ccc(C(=O)Nc5nc6ccc(OC(C)(C)C)cc6s5)cc34)cc2c1. The van der Waals surface area contributed by atoms with Crippen LogP contribution in [0.15, 0.2) is 119 Å². The normalized spacial score (nSPS) is 12.3. The number of thiol groups is 1. The number of amidine groups is 1. The van der Waals surface area contributed by atoms with Crippen LogP contribution in [0.5, 0.6) is 5.75 Å². The largest absolute Gasteiger partial charge is 0.488 e. The summed E-state index contributed by atoms with van der Waals surface area (Å²) < 4.78 is 46.9. The fraction of sp³-hybridized carbons (Fsp3) is 0.143. The number of anilines is 1. The number of carbonyl (C=O) groups excluding carboxylic acids is 2. The fourth-order valence-electron chi connectivity index (χ4n) is 6.06. The number of nitrogens with zero attached hydrogens (tertiary/aromatic N) is 2. The molecule has 0 fully saturated rings. The number of rotatable bonds is 6. The smallest absolute Gasteiger partial charge is 0.417 e. The molecule has 0 radical (unpaired) electrons. The Morgan fingerprint density at radius 1 is 0.796 bits per heavy atom. The van der Waals surface area contributed by atoms with Crippen LogP contribution in [0, 0.1) is 0 Å². The number of halogens is 3. The summed E-state index contributed by atoms with van der Waals surface area (Å²) in [5.41, 5.74) is 2.09. The second-order valence-electron chi connectivity index (χ2n) is 13.7. The zero-order chi connectivity index (χ0) is 38.4. The van der Waals surface area contributed by atoms with E-state index in [1.54, 1.807) is 18.2 Å². The number of benzene rings is 6. The molecule has 0 saturated carbocycles. The molecular weight excluding hydrogens is 730 g/mol. The number of aliphatic imine (C=N–C) groups is 1. The number of amides is 2. The molecule has 54 heavy (non-hydrogen) atoms. The van der Waals surface area contributed by atoms with E-state index < -0.39 is 17.6 Å². The van der Waals surface area contributed by atoms with Gasteiger partial charge in [0, 0.05) is 16.0 Å². The third kappa shape index (κ3) is 7.95. The molecule has 0 aliphatic carbocycles. The first-order valence-electron chi connectivity index (χ1n) is 16.8. The molecule has 1 aromatic heterocycles. The van der Waals surface area contributed by atoms with Crippen molar-refractivity contribution in [2.75, 3.05) is 5.32 Å². The predicted molar refractivity (Wildman–Crippen MR) is 214 cm³/mol. The first kappa shape index (κ1) is 36.6. The Hall–Kier alpha value is -5.72. The van der Waals surface area contributed by atoms with E-state index in [-0.39, 0.29) is 27.9 Å². The Kier molecular flexibility index (Phi) is 9.67. The van der Waals surface area contributed by atoms with Crippen molar-refractivity contribution in [3.8, 4) is 16.9 Å². The lowest BCUT2D eigenvalue weighted by atomic mass is 9.94. The van der Waals surface area contributed by atoms with Crippen LogP contribution in [-0.4, -0.2) is 28.2 Å². The van der Waals surface area contributed by atoms with E-state index in [2.05, 4.69) is 33.2 Å². The molecule has 0 unspecified atom stereocenters. The van der Waals surface area contributed by atoms with Gasteiger partial charge in [0.2, 0.25) is 0 Å². The summed E-state index contributed by atoms with van der Waals surface area (Å²) in [5, 5.41) is 9.61. The fourth-order valence-corrected chi connectivity index (χ4v) is 7.28. The number of hydrogen-bond donors (Lipinski definition) is 3. The minimum atomic E-state index is -4.59. The number of carbonyl (C=O) groups is 2. The molecule has 2 N–H and O–H groups in total. The maximum absolute atomic E-state index is 13.5. The van der Waals surface area contributed by atoms with Gasteiger partial charge in [0.15, 0.2) is 5.13 Å². The number of nitrogens with one attached hydrogen (secondary N) is 2. The van der Waals surface area contributed by atoms with Gasteiger partial charge in [0.05, 0.1) is 21.5 Å². The second kappa shape index (κ2) is 14.3. The van der Waals surface area contributed by atoms with Gasteiger partial charge >= 0.3 is 6.18 Å². The number of aromatic nitrogens is 1. The average Bonchev–Trinajstić information content (AvgIpc) is 3.51. The third-order valence-electron chi connectivity index (χ3n) is 8.46. The molecule has 7 aromatic rings. The topological polar surface area (TPSA) is 92.7 Å². The molecule has 6 aromatic carbocycles. The molecule has 0 saturated heterocycles. The zero-order valence-corrected chi connectivity index (χ0v) is 31.2. The van der Waals surface area contributed by atoms with E-state index in [1.165, 1.54) is 30.4 Å². The van der Waals surface area contributed by atoms with Gasteiger partial charge in [-0.25, -0.2) is 9.98 Å². The molecule has 1 heterocycles. The van der Waals surface area contributed by atoms with Gasteiger partial charge in [-0.2, -0.15) is 13.2 Å². The molecule has 0 aliphatic rings. The number of ether oxygens (including phenoxy) is 1. The van der Waals surface area contributed by atoms with Crippen LogP contribution in [0.25, 0.3) is 42.9 Å². The van der Waals surface area contributed by atoms with Crippen molar-refractivity contribution >= 4 is 84.2 Å². The van der Waals surface area contributed by atoms with Crippen LogP contribution < -0.4 is 15.4 Å². The summed E-state index contributed by atoms with van der Waals surface area (Å²) in [6.07, 6.45) is -4.59. The first-order chi connectivity index (χ1) is 25.6. The first-order valence-corrected chi connectivity index (χ1v) is 18.1. The van der Waals surface area contributed by atoms with E-state index in [0.29, 0.717) is 16.3 Å². The van der Waals surface area contributed by atoms with Gasteiger partial charge in [-0.1, -0.05) is 59.9 Å². The van der Waals surface area contributed by atoms with Crippen LogP contribution in [-0.2, 0) is 6.18 Å². The van der Waals surface area contributed by atoms with Crippen molar-refractivity contribution in [1.29, 1.82) is 0 Å². The zero-order valence-electron chi connectivity index (χ0n) is 29.5. The molecule has 0 atom stereocenters. The number of thiazole rings is 1. The summed E-state index contributed by atoms with van der Waals surface area (Å²) in [6, 6.07) is 31.9. The predicted octanol–water partition coefficient (Wildman–Crippen LogP) is 11.5. The molecule has 2 amide bonds. The molecule has 0 bridgehead atoms. The molecule has 7 nitrogen and oxygen atoms in total. The number of alkyl halides is 3. The van der Waals surface area contributed by atoms with Crippen LogP contribution in [0.1, 0.15) is 54.0 Å². The Morgan fingerprint density at radius 3 is 2.28 bits per heavy atom. The highest BCUT2D eigenvalue weighted by molar-refractivity contribution is 7.80. The summed E-state index contributed by atoms with van der Waals surface area (Å²) in [7, 11) is 0. The highest BCUT2D eigenvalue weighted by Gasteiger charge is 2.33. The van der Waals surface area contributed by atoms with Gasteiger partial charge in [-0.05, 0) is 121 Å². The highest BCUT2D eigenvalue weighted by atomic mass is 32.1. The van der Waals surface area contributed by atoms with E-state index >= 15 is 0 Å². The van der Waals surface area contributed by atoms with Gasteiger partial charge in [-0.15, -0.1) is 12.6 Å². The van der Waals surface area contributed by atoms with Crippen molar-refractivity contribution in [3.05, 3.63) is 126 Å². The second-order valence-corrected chi connectivity index (χ2v) is 15.1. The van der Waals surface area contributed by atoms with Crippen molar-refractivity contribution in [2.24, 2.45) is 4.99 Å². The standard InChI is InChI=1S/C42H33F3N4O3S2/c1-23(46-35-10-6-9-33(37(35)53)42(43,44)45)47-38(50)27-15-12-24-11-14-26(19-29(24)20-27)31-8-5-7-25-13-16-28(21-32(25)31)39(51)49-40-48-34-18-17-30(22-36(34)54-40)52-41(2,3)4/h5-22,53H,1-4H3,(H,46,47,50)(H,48,49,51). The minimum absolute atomic E-state index is 0.0118. The Morgan fingerprint density at radius 2 is 1.52 bits per heavy atom. The van der Waals surface area contributed by atoms with E-state index in [4.69, 9.17) is 4.74 Å². The van der Waals surface area contributed by atoms with Gasteiger partial charge in [0.25, 0.3) is 11.8 Å². The van der Waals surface area contributed by atoms with Crippen LogP contribution in [0.3, 0.4) is 0 Å². The van der Waals surface area contributed by atoms with Crippen LogP contribution in [0.2, 0.25) is 0 Å². The van der Waals surface area contributed by atoms with Crippen molar-refractivity contribution in [1.82, 2.24) is 10.3 Å². The lowest BCUT2D eigenvalue weighted by Gasteiger charge is -2.21. The lowest BCUT2D eigenvalue weighted by Crippen LogP contribution is -2.28. The monoisotopic (exact) mass is 762 g/mol. The maximum atomic E-state index is 13.5. The number of fused-ring (bicyclic) bond motifs is 3. The molecule has 272 valence electrons. The Labute approximate surface area is 318 Å². The molecule has 0 aliphatic heterocycles. The quantitative estimate of drug-likeness (QED) is 0.0893. The van der Waals surface area contributed by atoms with Crippen LogP contribution >= 0.6 is 24.0 Å². The summed E-state index contributed by atoms with van der Waals surface area (Å²) in [4.78, 5) is 35.2. The number of hydrogen-bond acceptors (Lipinski definition) is 7. The molecule has 7 rings (SSSR count). The minimum Gasteiger partial charge on any atom is -0.488 e. The van der Waals surface area contributed by atoms with Gasteiger partial charge < -0.3 is 10.1 Å². The average molecular weight is 763 g/mol. The summed E-state index contributed by atoms with van der Waals surface area (Å²) in [5.74, 6) is 0.0887.